The number of halogens is 2. The lowest BCUT2D eigenvalue weighted by Crippen LogP contribution is -2.30. The number of methoxy groups -OCH3 is 2. The summed E-state index contributed by atoms with van der Waals surface area (Å²) in [5, 5.41) is 6.18. The molecular weight excluding hydrogens is 597 g/mol. The fourth-order valence-electron chi connectivity index (χ4n) is 5.41. The smallest absolute Gasteiger partial charge is 0.272 e. The number of carbonyl (C=O) groups is 2. The molecule has 0 saturated carbocycles. The number of hydrogen-bond acceptors (Lipinski definition) is 6. The van der Waals surface area contributed by atoms with Crippen molar-refractivity contribution < 1.29 is 23.5 Å². The summed E-state index contributed by atoms with van der Waals surface area (Å²) in [5.41, 5.74) is 4.48. The Balaban J connectivity index is 1.53. The zero-order valence-corrected chi connectivity index (χ0v) is 26.4. The van der Waals surface area contributed by atoms with Crippen molar-refractivity contribution in [3.05, 3.63) is 101 Å². The monoisotopic (exact) mass is 631 g/mol. The van der Waals surface area contributed by atoms with E-state index < -0.39 is 17.8 Å². The summed E-state index contributed by atoms with van der Waals surface area (Å²) >= 11 is 5.99. The van der Waals surface area contributed by atoms with E-state index in [1.54, 1.807) is 32.2 Å². The zero-order chi connectivity index (χ0) is 32.2. The molecule has 2 aromatic heterocycles. The van der Waals surface area contributed by atoms with Gasteiger partial charge in [0.1, 0.15) is 12.0 Å². The summed E-state index contributed by atoms with van der Waals surface area (Å²) in [7, 11) is 3.10. The number of allylic oxidation sites excluding steroid dienone is 1. The Morgan fingerprint density at radius 1 is 1.20 bits per heavy atom. The SMILES string of the molecule is C=C(Cc1ccc2c(c1)NC(=O)[C@H](C)CCC[C@H](NC(=O)c1ncn(-c3cccc(Cl)c3F)c1C)c1cc-2cc(OC)n1)OC. The number of carbonyl (C=O) groups excluding carboxylic acids is 2. The highest BCUT2D eigenvalue weighted by atomic mass is 35.5. The number of amides is 2. The van der Waals surface area contributed by atoms with E-state index in [1.807, 2.05) is 31.2 Å². The number of pyridine rings is 1. The van der Waals surface area contributed by atoms with Gasteiger partial charge in [0.25, 0.3) is 5.91 Å². The number of fused-ring (bicyclic) bond motifs is 4. The number of anilines is 1. The maximum Gasteiger partial charge on any atom is 0.272 e. The molecule has 11 heteroatoms. The van der Waals surface area contributed by atoms with Crippen LogP contribution in [0.3, 0.4) is 0 Å². The van der Waals surface area contributed by atoms with Gasteiger partial charge in [0.15, 0.2) is 5.82 Å². The molecule has 3 heterocycles. The first kappa shape index (κ1) is 31.7. The summed E-state index contributed by atoms with van der Waals surface area (Å²) in [6.45, 7) is 7.50. The van der Waals surface area contributed by atoms with Gasteiger partial charge in [0.05, 0.1) is 48.1 Å². The van der Waals surface area contributed by atoms with Crippen LogP contribution in [0.2, 0.25) is 5.02 Å². The van der Waals surface area contributed by atoms with E-state index in [1.165, 1.54) is 24.1 Å². The molecule has 5 rings (SSSR count). The highest BCUT2D eigenvalue weighted by Crippen LogP contribution is 2.35. The Morgan fingerprint density at radius 3 is 2.76 bits per heavy atom. The van der Waals surface area contributed by atoms with Gasteiger partial charge in [-0.05, 0) is 55.2 Å². The Labute approximate surface area is 266 Å². The van der Waals surface area contributed by atoms with Crippen LogP contribution in [-0.2, 0) is 16.0 Å². The van der Waals surface area contributed by atoms with E-state index >= 15 is 0 Å². The Bertz CT molecular complexity index is 1770. The maximum absolute atomic E-state index is 14.8. The molecule has 2 N–H and O–H groups in total. The van der Waals surface area contributed by atoms with Gasteiger partial charge in [-0.3, -0.25) is 14.2 Å². The van der Waals surface area contributed by atoms with Crippen LogP contribution in [0.4, 0.5) is 10.1 Å². The topological polar surface area (TPSA) is 107 Å². The molecule has 0 saturated heterocycles. The van der Waals surface area contributed by atoms with Gasteiger partial charge < -0.3 is 20.1 Å². The normalized spacial score (nSPS) is 16.4. The van der Waals surface area contributed by atoms with Crippen LogP contribution in [0, 0.1) is 18.7 Å². The maximum atomic E-state index is 14.8. The van der Waals surface area contributed by atoms with Crippen molar-refractivity contribution in [1.29, 1.82) is 0 Å². The first-order chi connectivity index (χ1) is 21.6. The van der Waals surface area contributed by atoms with Crippen LogP contribution >= 0.6 is 11.6 Å². The number of imidazole rings is 1. The van der Waals surface area contributed by atoms with Crippen molar-refractivity contribution in [1.82, 2.24) is 19.9 Å². The zero-order valence-electron chi connectivity index (χ0n) is 25.6. The molecule has 45 heavy (non-hydrogen) atoms. The molecule has 1 aliphatic rings. The van der Waals surface area contributed by atoms with Crippen molar-refractivity contribution >= 4 is 29.1 Å². The summed E-state index contributed by atoms with van der Waals surface area (Å²) in [6.07, 6.45) is 3.63. The lowest BCUT2D eigenvalue weighted by molar-refractivity contribution is -0.119. The van der Waals surface area contributed by atoms with E-state index in [0.29, 0.717) is 54.4 Å². The molecule has 0 unspecified atom stereocenters. The number of nitrogens with one attached hydrogen (secondary N) is 2. The van der Waals surface area contributed by atoms with Crippen molar-refractivity contribution in [2.75, 3.05) is 19.5 Å². The molecule has 2 atom stereocenters. The molecule has 9 nitrogen and oxygen atoms in total. The van der Waals surface area contributed by atoms with Crippen molar-refractivity contribution in [2.45, 2.75) is 45.6 Å². The Kier molecular flexibility index (Phi) is 9.53. The second kappa shape index (κ2) is 13.5. The van der Waals surface area contributed by atoms with Gasteiger partial charge in [0, 0.05) is 29.7 Å². The predicted molar refractivity (Wildman–Crippen MR) is 171 cm³/mol. The third kappa shape index (κ3) is 6.86. The van der Waals surface area contributed by atoms with E-state index in [2.05, 4.69) is 22.2 Å². The standard InChI is InChI=1S/C34H35ClFN5O4/c1-19-8-6-10-26(39-34(43)32-21(3)41(18-37-32)29-11-7-9-25(35)31(29)36)28-16-23(17-30(38-28)45-5)24-13-12-22(14-20(2)44-4)15-27(24)40-33(19)42/h7,9,11-13,15-19,26H,2,6,8,10,14H2,1,3-5H3,(H,39,43)(H,40,42)/t19-,26+/m1/s1. The number of aromatic nitrogens is 3. The van der Waals surface area contributed by atoms with Crippen LogP contribution in [-0.4, -0.2) is 40.6 Å². The van der Waals surface area contributed by atoms with Crippen molar-refractivity contribution in [3.8, 4) is 22.7 Å². The third-order valence-electron chi connectivity index (χ3n) is 8.03. The number of hydrogen-bond donors (Lipinski definition) is 2. The van der Waals surface area contributed by atoms with Crippen LogP contribution in [0.1, 0.15) is 59.7 Å². The summed E-state index contributed by atoms with van der Waals surface area (Å²) in [4.78, 5) is 36.0. The Hall–Kier alpha value is -4.70. The molecule has 0 spiro atoms. The molecule has 2 aromatic carbocycles. The average Bonchev–Trinajstić information content (AvgIpc) is 3.41. The van der Waals surface area contributed by atoms with Gasteiger partial charge >= 0.3 is 0 Å². The van der Waals surface area contributed by atoms with Crippen LogP contribution in [0.25, 0.3) is 16.8 Å². The number of nitrogens with zero attached hydrogens (tertiary/aromatic N) is 3. The quantitative estimate of drug-likeness (QED) is 0.213. The number of benzene rings is 2. The van der Waals surface area contributed by atoms with Gasteiger partial charge in [-0.1, -0.05) is 49.7 Å². The molecule has 2 bridgehead atoms. The lowest BCUT2D eigenvalue weighted by Gasteiger charge is -2.23. The van der Waals surface area contributed by atoms with Gasteiger partial charge in [0.2, 0.25) is 11.8 Å². The second-order valence-corrected chi connectivity index (χ2v) is 11.5. The number of rotatable bonds is 7. The van der Waals surface area contributed by atoms with E-state index in [-0.39, 0.29) is 28.2 Å². The molecule has 0 aliphatic carbocycles. The van der Waals surface area contributed by atoms with Crippen LogP contribution < -0.4 is 15.4 Å². The molecule has 234 valence electrons. The van der Waals surface area contributed by atoms with E-state index in [9.17, 15) is 14.0 Å². The van der Waals surface area contributed by atoms with Crippen molar-refractivity contribution in [3.63, 3.8) is 0 Å². The summed E-state index contributed by atoms with van der Waals surface area (Å²) in [6, 6.07) is 13.6. The first-order valence-electron chi connectivity index (χ1n) is 14.6. The van der Waals surface area contributed by atoms with E-state index in [4.69, 9.17) is 26.1 Å². The highest BCUT2D eigenvalue weighted by molar-refractivity contribution is 6.30. The molecule has 2 amide bonds. The molecule has 0 radical (unpaired) electrons. The highest BCUT2D eigenvalue weighted by Gasteiger charge is 2.25. The fraction of sp³-hybridized carbons (Fsp3) is 0.294. The summed E-state index contributed by atoms with van der Waals surface area (Å²) < 4.78 is 27.1. The average molecular weight is 632 g/mol. The summed E-state index contributed by atoms with van der Waals surface area (Å²) in [5.74, 6) is -0.460. The molecule has 0 fully saturated rings. The molecule has 1 aliphatic heterocycles. The van der Waals surface area contributed by atoms with Crippen LogP contribution in [0.5, 0.6) is 5.88 Å². The van der Waals surface area contributed by atoms with Crippen LogP contribution in [0.15, 0.2) is 67.2 Å². The lowest BCUT2D eigenvalue weighted by atomic mass is 9.94. The predicted octanol–water partition coefficient (Wildman–Crippen LogP) is 6.98. The van der Waals surface area contributed by atoms with Gasteiger partial charge in [-0.2, -0.15) is 0 Å². The first-order valence-corrected chi connectivity index (χ1v) is 15.0. The van der Waals surface area contributed by atoms with Crippen molar-refractivity contribution in [2.24, 2.45) is 5.92 Å². The Morgan fingerprint density at radius 2 is 2.00 bits per heavy atom. The molecule has 4 aromatic rings. The van der Waals surface area contributed by atoms with Gasteiger partial charge in [-0.25, -0.2) is 14.4 Å². The fourth-order valence-corrected chi connectivity index (χ4v) is 5.58. The minimum absolute atomic E-state index is 0.0270. The number of ether oxygens (including phenoxy) is 2. The minimum atomic E-state index is -0.603. The molecular formula is C34H35ClFN5O4. The van der Waals surface area contributed by atoms with E-state index in [0.717, 1.165) is 16.7 Å². The van der Waals surface area contributed by atoms with Gasteiger partial charge in [-0.15, -0.1) is 0 Å². The minimum Gasteiger partial charge on any atom is -0.501 e. The third-order valence-corrected chi connectivity index (χ3v) is 8.32. The second-order valence-electron chi connectivity index (χ2n) is 11.1. The largest absolute Gasteiger partial charge is 0.501 e.